The second kappa shape index (κ2) is 7.24. The first-order valence-electron chi connectivity index (χ1n) is 4.68. The molecule has 0 radical (unpaired) electrons. The molecular formula is C8H14ClF3N2OS. The van der Waals surface area contributed by atoms with Gasteiger partial charge in [-0.15, -0.1) is 12.4 Å². The smallest absolute Gasteiger partial charge is 0.353 e. The fourth-order valence-corrected chi connectivity index (χ4v) is 1.76. The normalized spacial score (nSPS) is 17.7. The number of rotatable bonds is 3. The minimum atomic E-state index is -4.33. The second-order valence-corrected chi connectivity index (χ2v) is 4.37. The molecule has 0 saturated carbocycles. The van der Waals surface area contributed by atoms with E-state index < -0.39 is 17.2 Å². The highest BCUT2D eigenvalue weighted by Gasteiger charge is 2.29. The molecule has 0 aromatic carbocycles. The highest BCUT2D eigenvalue weighted by Crippen LogP contribution is 2.29. The Balaban J connectivity index is 0.00000225. The quantitative estimate of drug-likeness (QED) is 0.823. The van der Waals surface area contributed by atoms with E-state index >= 15 is 0 Å². The van der Waals surface area contributed by atoms with Gasteiger partial charge in [-0.25, -0.2) is 0 Å². The molecule has 1 rings (SSSR count). The maximum Gasteiger partial charge on any atom is 0.442 e. The molecule has 8 heteroatoms. The fraction of sp³-hybridized carbons (Fsp3) is 0.875. The molecule has 0 aromatic heterocycles. The first-order chi connectivity index (χ1) is 6.97. The van der Waals surface area contributed by atoms with E-state index in [1.807, 2.05) is 0 Å². The lowest BCUT2D eigenvalue weighted by Crippen LogP contribution is -2.43. The SMILES string of the molecule is Cl.O=C(CSC(F)(F)F)NC1CCNCC1. The monoisotopic (exact) mass is 278 g/mol. The first kappa shape index (κ1) is 15.9. The van der Waals surface area contributed by atoms with Crippen LogP contribution in [-0.4, -0.2) is 36.3 Å². The van der Waals surface area contributed by atoms with Crippen LogP contribution in [0.1, 0.15) is 12.8 Å². The molecule has 0 bridgehead atoms. The zero-order chi connectivity index (χ0) is 11.3. The number of amides is 1. The Morgan fingerprint density at radius 2 is 1.94 bits per heavy atom. The van der Waals surface area contributed by atoms with Crippen molar-refractivity contribution in [2.45, 2.75) is 24.4 Å². The molecule has 2 N–H and O–H groups in total. The molecular weight excluding hydrogens is 265 g/mol. The number of hydrogen-bond acceptors (Lipinski definition) is 3. The molecule has 1 heterocycles. The molecule has 0 spiro atoms. The Labute approximate surface area is 102 Å². The van der Waals surface area contributed by atoms with Gasteiger partial charge >= 0.3 is 5.51 Å². The lowest BCUT2D eigenvalue weighted by Gasteiger charge is -2.23. The van der Waals surface area contributed by atoms with Crippen molar-refractivity contribution in [2.24, 2.45) is 0 Å². The van der Waals surface area contributed by atoms with Gasteiger partial charge in [-0.3, -0.25) is 4.79 Å². The van der Waals surface area contributed by atoms with E-state index in [9.17, 15) is 18.0 Å². The fourth-order valence-electron chi connectivity index (χ4n) is 1.38. The zero-order valence-corrected chi connectivity index (χ0v) is 10.1. The van der Waals surface area contributed by atoms with Crippen molar-refractivity contribution in [2.75, 3.05) is 18.8 Å². The Morgan fingerprint density at radius 1 is 1.38 bits per heavy atom. The number of piperidine rings is 1. The van der Waals surface area contributed by atoms with E-state index in [0.717, 1.165) is 25.9 Å². The minimum Gasteiger partial charge on any atom is -0.353 e. The van der Waals surface area contributed by atoms with Gasteiger partial charge in [0.1, 0.15) is 0 Å². The van der Waals surface area contributed by atoms with Crippen molar-refractivity contribution >= 4 is 30.1 Å². The molecule has 3 nitrogen and oxygen atoms in total. The summed E-state index contributed by atoms with van der Waals surface area (Å²) in [5.41, 5.74) is -4.33. The molecule has 96 valence electrons. The van der Waals surface area contributed by atoms with Crippen LogP contribution in [0.5, 0.6) is 0 Å². The third-order valence-corrected chi connectivity index (χ3v) is 2.81. The minimum absolute atomic E-state index is 0. The van der Waals surface area contributed by atoms with Gasteiger partial charge in [0.2, 0.25) is 5.91 Å². The highest BCUT2D eigenvalue weighted by molar-refractivity contribution is 8.00. The highest BCUT2D eigenvalue weighted by atomic mass is 35.5. The molecule has 0 atom stereocenters. The summed E-state index contributed by atoms with van der Waals surface area (Å²) in [6, 6.07) is 0.0209. The van der Waals surface area contributed by atoms with Crippen LogP contribution in [0.25, 0.3) is 0 Å². The predicted molar refractivity (Wildman–Crippen MR) is 59.8 cm³/mol. The summed E-state index contributed by atoms with van der Waals surface area (Å²) in [6.45, 7) is 1.61. The second-order valence-electron chi connectivity index (χ2n) is 3.33. The van der Waals surface area contributed by atoms with Gasteiger partial charge < -0.3 is 10.6 Å². The molecule has 1 aliphatic heterocycles. The number of carbonyl (C=O) groups excluding carboxylic acids is 1. The van der Waals surface area contributed by atoms with E-state index in [1.165, 1.54) is 0 Å². The largest absolute Gasteiger partial charge is 0.442 e. The first-order valence-corrected chi connectivity index (χ1v) is 5.67. The summed E-state index contributed by atoms with van der Waals surface area (Å²) in [6.07, 6.45) is 1.56. The average molecular weight is 279 g/mol. The molecule has 0 aromatic rings. The van der Waals surface area contributed by atoms with Crippen LogP contribution in [0.3, 0.4) is 0 Å². The summed E-state index contributed by atoms with van der Waals surface area (Å²) >= 11 is -0.297. The van der Waals surface area contributed by atoms with Crippen LogP contribution in [0.15, 0.2) is 0 Å². The van der Waals surface area contributed by atoms with Crippen LogP contribution in [-0.2, 0) is 4.79 Å². The number of carbonyl (C=O) groups is 1. The topological polar surface area (TPSA) is 41.1 Å². The van der Waals surface area contributed by atoms with Crippen LogP contribution in [0, 0.1) is 0 Å². The Kier molecular flexibility index (Phi) is 7.17. The summed E-state index contributed by atoms with van der Waals surface area (Å²) in [4.78, 5) is 11.1. The van der Waals surface area contributed by atoms with Gasteiger partial charge in [0.15, 0.2) is 0 Å². The number of alkyl halides is 3. The van der Waals surface area contributed by atoms with Crippen molar-refractivity contribution in [3.63, 3.8) is 0 Å². The van der Waals surface area contributed by atoms with Crippen LogP contribution < -0.4 is 10.6 Å². The third kappa shape index (κ3) is 7.19. The molecule has 1 amide bonds. The van der Waals surface area contributed by atoms with Crippen molar-refractivity contribution in [3.8, 4) is 0 Å². The number of nitrogens with one attached hydrogen (secondary N) is 2. The van der Waals surface area contributed by atoms with E-state index in [0.29, 0.717) is 0 Å². The van der Waals surface area contributed by atoms with Gasteiger partial charge in [-0.2, -0.15) is 13.2 Å². The molecule has 1 aliphatic rings. The van der Waals surface area contributed by atoms with Gasteiger partial charge in [0, 0.05) is 6.04 Å². The van der Waals surface area contributed by atoms with E-state index in [2.05, 4.69) is 10.6 Å². The van der Waals surface area contributed by atoms with Crippen LogP contribution in [0.4, 0.5) is 13.2 Å². The molecule has 0 unspecified atom stereocenters. The van der Waals surface area contributed by atoms with E-state index in [-0.39, 0.29) is 30.2 Å². The van der Waals surface area contributed by atoms with Crippen molar-refractivity contribution < 1.29 is 18.0 Å². The molecule has 1 fully saturated rings. The van der Waals surface area contributed by atoms with Gasteiger partial charge in [0.05, 0.1) is 5.75 Å². The molecule has 1 saturated heterocycles. The summed E-state index contributed by atoms with van der Waals surface area (Å²) in [7, 11) is 0. The van der Waals surface area contributed by atoms with Crippen LogP contribution in [0.2, 0.25) is 0 Å². The average Bonchev–Trinajstić information content (AvgIpc) is 2.15. The number of hydrogen-bond donors (Lipinski definition) is 2. The zero-order valence-electron chi connectivity index (χ0n) is 8.47. The maximum atomic E-state index is 11.8. The van der Waals surface area contributed by atoms with Gasteiger partial charge in [-0.05, 0) is 37.7 Å². The Hall–Kier alpha value is -0.140. The lowest BCUT2D eigenvalue weighted by molar-refractivity contribution is -0.119. The summed E-state index contributed by atoms with van der Waals surface area (Å²) in [5, 5.41) is 5.70. The van der Waals surface area contributed by atoms with Gasteiger partial charge in [0.25, 0.3) is 0 Å². The number of halogens is 4. The third-order valence-electron chi connectivity index (χ3n) is 2.07. The van der Waals surface area contributed by atoms with Crippen LogP contribution >= 0.6 is 24.2 Å². The standard InChI is InChI=1S/C8H13F3N2OS.ClH/c9-8(10,11)15-5-7(14)13-6-1-3-12-4-2-6;/h6,12H,1-5H2,(H,13,14);1H. The van der Waals surface area contributed by atoms with E-state index in [1.54, 1.807) is 0 Å². The van der Waals surface area contributed by atoms with Crippen molar-refractivity contribution in [1.82, 2.24) is 10.6 Å². The lowest BCUT2D eigenvalue weighted by atomic mass is 10.1. The van der Waals surface area contributed by atoms with Crippen molar-refractivity contribution in [1.29, 1.82) is 0 Å². The Bertz CT molecular complexity index is 222. The number of thioether (sulfide) groups is 1. The summed E-state index contributed by atoms with van der Waals surface area (Å²) < 4.78 is 35.3. The Morgan fingerprint density at radius 3 is 2.44 bits per heavy atom. The van der Waals surface area contributed by atoms with E-state index in [4.69, 9.17) is 0 Å². The van der Waals surface area contributed by atoms with Crippen molar-refractivity contribution in [3.05, 3.63) is 0 Å². The van der Waals surface area contributed by atoms with Gasteiger partial charge in [-0.1, -0.05) is 0 Å². The molecule has 0 aliphatic carbocycles. The molecule has 16 heavy (non-hydrogen) atoms. The maximum absolute atomic E-state index is 11.8. The summed E-state index contributed by atoms with van der Waals surface area (Å²) in [5.74, 6) is -1.09. The predicted octanol–water partition coefficient (Wildman–Crippen LogP) is 1.53.